The number of anilines is 2. The summed E-state index contributed by atoms with van der Waals surface area (Å²) in [6, 6.07) is 2.97. The molecule has 2 atom stereocenters. The number of alkyl halides is 2. The van der Waals surface area contributed by atoms with Gasteiger partial charge in [0.15, 0.2) is 11.5 Å². The largest absolute Gasteiger partial charge is 0.420 e. The van der Waals surface area contributed by atoms with Gasteiger partial charge in [-0.25, -0.2) is 33.1 Å². The standard InChI is InChI=1S/C25H26F3N9O2/c1-25(19(38)20(27)28)4-3-5-36(10-25)24-16(9-37-12-32-18-21(29)30-11-31-22(18)37)34-23(39-24)14-6-13-8-33-35(2)17(13)7-15(14)26/h6-8,11-12,19-20,38H,3-5,9-10H2,1-2H3,(H2,29,30,31). The summed E-state index contributed by atoms with van der Waals surface area (Å²) in [7, 11) is 1.72. The molecule has 0 aliphatic carbocycles. The molecule has 0 saturated carbocycles. The maximum Gasteiger partial charge on any atom is 0.264 e. The van der Waals surface area contributed by atoms with Crippen molar-refractivity contribution < 1.29 is 22.7 Å². The SMILES string of the molecule is Cn1ncc2cc(-c3nc(Cn4cnc5c(N)ncnc54)c(N4CCCC(C)(C(O)C(F)F)C4)o3)c(F)cc21. The molecule has 2 unspecified atom stereocenters. The molecule has 39 heavy (non-hydrogen) atoms. The molecular formula is C25H26F3N9O2. The molecule has 5 aromatic rings. The molecule has 14 heteroatoms. The third-order valence-corrected chi connectivity index (χ3v) is 7.46. The number of halogens is 3. The zero-order chi connectivity index (χ0) is 27.5. The Bertz CT molecular complexity index is 1680. The van der Waals surface area contributed by atoms with E-state index in [0.29, 0.717) is 53.0 Å². The maximum absolute atomic E-state index is 15.3. The highest BCUT2D eigenvalue weighted by Crippen LogP contribution is 2.40. The van der Waals surface area contributed by atoms with Crippen molar-refractivity contribution in [2.75, 3.05) is 23.7 Å². The van der Waals surface area contributed by atoms with Crippen LogP contribution in [0.25, 0.3) is 33.5 Å². The van der Waals surface area contributed by atoms with Gasteiger partial charge in [-0.15, -0.1) is 0 Å². The molecular weight excluding hydrogens is 515 g/mol. The third kappa shape index (κ3) is 4.24. The van der Waals surface area contributed by atoms with E-state index >= 15 is 4.39 Å². The normalized spacial score (nSPS) is 19.0. The number of rotatable bonds is 6. The van der Waals surface area contributed by atoms with Crippen LogP contribution in [0, 0.1) is 11.2 Å². The number of aliphatic hydroxyl groups is 1. The number of imidazole rings is 1. The van der Waals surface area contributed by atoms with E-state index in [1.807, 2.05) is 0 Å². The number of nitrogens with two attached hydrogens (primary N) is 1. The van der Waals surface area contributed by atoms with Crippen LogP contribution in [0.1, 0.15) is 25.5 Å². The first-order valence-corrected chi connectivity index (χ1v) is 12.4. The van der Waals surface area contributed by atoms with Crippen molar-refractivity contribution in [3.05, 3.63) is 42.5 Å². The van der Waals surface area contributed by atoms with E-state index in [0.717, 1.165) is 0 Å². The topological polar surface area (TPSA) is 137 Å². The monoisotopic (exact) mass is 541 g/mol. The van der Waals surface area contributed by atoms with Gasteiger partial charge < -0.3 is 24.7 Å². The lowest BCUT2D eigenvalue weighted by Crippen LogP contribution is -2.50. The van der Waals surface area contributed by atoms with Gasteiger partial charge in [0.25, 0.3) is 6.43 Å². The Morgan fingerprint density at radius 3 is 2.85 bits per heavy atom. The Labute approximate surface area is 220 Å². The molecule has 0 amide bonds. The van der Waals surface area contributed by atoms with Crippen LogP contribution in [0.4, 0.5) is 24.9 Å². The summed E-state index contributed by atoms with van der Waals surface area (Å²) in [5, 5.41) is 15.2. The van der Waals surface area contributed by atoms with Crippen LogP contribution in [0.3, 0.4) is 0 Å². The lowest BCUT2D eigenvalue weighted by molar-refractivity contribution is -0.0814. The maximum atomic E-state index is 15.3. The molecule has 4 aromatic heterocycles. The summed E-state index contributed by atoms with van der Waals surface area (Å²) in [6.45, 7) is 2.35. The minimum Gasteiger partial charge on any atom is -0.420 e. The molecule has 0 spiro atoms. The minimum atomic E-state index is -2.89. The number of piperidine rings is 1. The number of nitrogens with zero attached hydrogens (tertiary/aromatic N) is 8. The highest BCUT2D eigenvalue weighted by atomic mass is 19.3. The molecule has 0 bridgehead atoms. The first kappa shape index (κ1) is 25.1. The van der Waals surface area contributed by atoms with Crippen LogP contribution in [-0.2, 0) is 13.6 Å². The molecule has 3 N–H and O–H groups in total. The van der Waals surface area contributed by atoms with Gasteiger partial charge in [0.2, 0.25) is 11.8 Å². The fourth-order valence-corrected chi connectivity index (χ4v) is 5.31. The van der Waals surface area contributed by atoms with Crippen LogP contribution in [-0.4, -0.2) is 65.0 Å². The summed E-state index contributed by atoms with van der Waals surface area (Å²) in [4.78, 5) is 19.0. The van der Waals surface area contributed by atoms with Crippen LogP contribution >= 0.6 is 0 Å². The highest BCUT2D eigenvalue weighted by molar-refractivity contribution is 5.84. The molecule has 5 heterocycles. The molecule has 1 aliphatic heterocycles. The minimum absolute atomic E-state index is 0.0310. The lowest BCUT2D eigenvalue weighted by atomic mass is 9.77. The first-order chi connectivity index (χ1) is 18.6. The number of aryl methyl sites for hydroxylation is 1. The van der Waals surface area contributed by atoms with Crippen molar-refractivity contribution in [1.29, 1.82) is 0 Å². The Kier molecular flexibility index (Phi) is 5.93. The quantitative estimate of drug-likeness (QED) is 0.331. The first-order valence-electron chi connectivity index (χ1n) is 12.4. The number of hydrogen-bond acceptors (Lipinski definition) is 9. The van der Waals surface area contributed by atoms with Gasteiger partial charge in [-0.2, -0.15) is 5.10 Å². The van der Waals surface area contributed by atoms with Gasteiger partial charge in [-0.3, -0.25) is 4.68 Å². The van der Waals surface area contributed by atoms with Crippen molar-refractivity contribution in [2.24, 2.45) is 12.5 Å². The molecule has 1 saturated heterocycles. The van der Waals surface area contributed by atoms with Crippen molar-refractivity contribution >= 4 is 33.8 Å². The Morgan fingerprint density at radius 1 is 1.23 bits per heavy atom. The Balaban J connectivity index is 1.45. The van der Waals surface area contributed by atoms with Gasteiger partial charge in [0, 0.05) is 37.0 Å². The zero-order valence-electron chi connectivity index (χ0n) is 21.2. The number of hydrogen-bond donors (Lipinski definition) is 2. The number of aliphatic hydroxyl groups excluding tert-OH is 1. The second-order valence-corrected chi connectivity index (χ2v) is 10.2. The number of nitrogen functional groups attached to an aromatic ring is 1. The number of benzene rings is 1. The Hall–Kier alpha value is -4.20. The summed E-state index contributed by atoms with van der Waals surface area (Å²) < 4.78 is 51.8. The molecule has 1 aromatic carbocycles. The van der Waals surface area contributed by atoms with E-state index in [-0.39, 0.29) is 30.4 Å². The van der Waals surface area contributed by atoms with Crippen LogP contribution in [0.5, 0.6) is 0 Å². The second kappa shape index (κ2) is 9.22. The molecule has 1 fully saturated rings. The fourth-order valence-electron chi connectivity index (χ4n) is 5.31. The van der Waals surface area contributed by atoms with E-state index in [2.05, 4.69) is 25.0 Å². The second-order valence-electron chi connectivity index (χ2n) is 10.2. The van der Waals surface area contributed by atoms with Crippen LogP contribution in [0.2, 0.25) is 0 Å². The smallest absolute Gasteiger partial charge is 0.264 e. The van der Waals surface area contributed by atoms with Gasteiger partial charge in [0.05, 0.1) is 30.1 Å². The van der Waals surface area contributed by atoms with E-state index in [1.165, 1.54) is 18.7 Å². The average molecular weight is 542 g/mol. The average Bonchev–Trinajstić information content (AvgIpc) is 3.62. The summed E-state index contributed by atoms with van der Waals surface area (Å²) >= 11 is 0. The lowest BCUT2D eigenvalue weighted by Gasteiger charge is -2.43. The van der Waals surface area contributed by atoms with E-state index in [4.69, 9.17) is 10.2 Å². The summed E-state index contributed by atoms with van der Waals surface area (Å²) in [6.07, 6.45) is 0.745. The highest BCUT2D eigenvalue weighted by Gasteiger charge is 2.43. The predicted molar refractivity (Wildman–Crippen MR) is 137 cm³/mol. The van der Waals surface area contributed by atoms with Gasteiger partial charge in [-0.1, -0.05) is 6.92 Å². The third-order valence-electron chi connectivity index (χ3n) is 7.46. The van der Waals surface area contributed by atoms with Crippen molar-refractivity contribution in [1.82, 2.24) is 34.3 Å². The van der Waals surface area contributed by atoms with Gasteiger partial charge in [-0.05, 0) is 18.9 Å². The van der Waals surface area contributed by atoms with E-state index in [1.54, 1.807) is 40.4 Å². The molecule has 11 nitrogen and oxygen atoms in total. The fraction of sp³-hybridized carbons (Fsp3) is 0.400. The molecule has 6 rings (SSSR count). The van der Waals surface area contributed by atoms with Crippen molar-refractivity contribution in [3.63, 3.8) is 0 Å². The molecule has 0 radical (unpaired) electrons. The van der Waals surface area contributed by atoms with Gasteiger partial charge >= 0.3 is 0 Å². The van der Waals surface area contributed by atoms with Crippen LogP contribution in [0.15, 0.2) is 35.4 Å². The van der Waals surface area contributed by atoms with E-state index < -0.39 is 23.8 Å². The Morgan fingerprint density at radius 2 is 2.05 bits per heavy atom. The molecule has 204 valence electrons. The molecule has 1 aliphatic rings. The van der Waals surface area contributed by atoms with Crippen molar-refractivity contribution in [3.8, 4) is 11.5 Å². The van der Waals surface area contributed by atoms with Crippen LogP contribution < -0.4 is 10.6 Å². The number of aromatic nitrogens is 7. The number of fused-ring (bicyclic) bond motifs is 2. The van der Waals surface area contributed by atoms with E-state index in [9.17, 15) is 13.9 Å². The van der Waals surface area contributed by atoms with Gasteiger partial charge in [0.1, 0.15) is 29.5 Å². The van der Waals surface area contributed by atoms with Crippen molar-refractivity contribution in [2.45, 2.75) is 38.8 Å². The predicted octanol–water partition coefficient (Wildman–Crippen LogP) is 3.37. The summed E-state index contributed by atoms with van der Waals surface area (Å²) in [5.41, 5.74) is 6.90. The zero-order valence-corrected chi connectivity index (χ0v) is 21.2. The number of oxazole rings is 1. The summed E-state index contributed by atoms with van der Waals surface area (Å²) in [5.74, 6) is 0.00513.